The summed E-state index contributed by atoms with van der Waals surface area (Å²) in [6, 6.07) is -1.74. The van der Waals surface area contributed by atoms with Crippen molar-refractivity contribution < 1.29 is 59.7 Å². The van der Waals surface area contributed by atoms with Crippen molar-refractivity contribution in [2.45, 2.75) is 49.6 Å². The zero-order valence-corrected chi connectivity index (χ0v) is 14.2. The van der Waals surface area contributed by atoms with Crippen molar-refractivity contribution in [1.29, 1.82) is 0 Å². The van der Waals surface area contributed by atoms with Gasteiger partial charge in [-0.2, -0.15) is 0 Å². The predicted molar refractivity (Wildman–Crippen MR) is 82.8 cm³/mol. The Labute approximate surface area is 152 Å². The topological polar surface area (TPSA) is 231 Å². The Morgan fingerprint density at radius 3 is 1.85 bits per heavy atom. The first kappa shape index (κ1) is 25.0. The number of esters is 1. The average molecular weight is 397 g/mol. The minimum Gasteiger partial charge on any atom is -0.451 e. The summed E-state index contributed by atoms with van der Waals surface area (Å²) in [6.45, 7) is -1.09. The second-order valence-electron chi connectivity index (χ2n) is 5.52. The first-order valence-electron chi connectivity index (χ1n) is 7.61. The highest BCUT2D eigenvalue weighted by Crippen LogP contribution is 2.11. The SMILES string of the molecule is CC(=O)N[C@@H](C=O)[C@@H](OC(=O)C(=O)[C@@H](O)[C@H](O)[C@@H](O)CO)[C@H](O)[C@H](O)CO. The molecule has 0 aromatic rings. The molecule has 0 aliphatic rings. The van der Waals surface area contributed by atoms with Gasteiger partial charge in [-0.3, -0.25) is 9.59 Å². The second kappa shape index (κ2) is 11.7. The van der Waals surface area contributed by atoms with Crippen LogP contribution < -0.4 is 5.32 Å². The van der Waals surface area contributed by atoms with Crippen LogP contribution in [0.2, 0.25) is 0 Å². The Morgan fingerprint density at radius 1 is 0.963 bits per heavy atom. The molecule has 0 fully saturated rings. The standard InChI is InChI=1S/C14H23NO12/c1-5(19)15-6(2-16)13(10(23)8(21)4-18)27-14(26)12(25)11(24)9(22)7(20)3-17/h2,6-11,13,17-18,20-24H,3-4H2,1H3,(H,15,19)/t6-,7-,8+,9+,10+,11-,13+/m0/s1. The summed E-state index contributed by atoms with van der Waals surface area (Å²) in [5.41, 5.74) is 0. The average Bonchev–Trinajstić information content (AvgIpc) is 2.66. The molecule has 0 aliphatic heterocycles. The number of nitrogens with one attached hydrogen (secondary N) is 1. The van der Waals surface area contributed by atoms with E-state index in [0.717, 1.165) is 6.92 Å². The van der Waals surface area contributed by atoms with Gasteiger partial charge < -0.3 is 50.6 Å². The van der Waals surface area contributed by atoms with Crippen LogP contribution in [0, 0.1) is 0 Å². The summed E-state index contributed by atoms with van der Waals surface area (Å²) in [4.78, 5) is 45.9. The number of hydrogen-bond acceptors (Lipinski definition) is 12. The first-order chi connectivity index (χ1) is 12.5. The van der Waals surface area contributed by atoms with Gasteiger partial charge in [0.15, 0.2) is 12.2 Å². The molecule has 0 radical (unpaired) electrons. The van der Waals surface area contributed by atoms with Gasteiger partial charge in [-0.25, -0.2) is 4.79 Å². The van der Waals surface area contributed by atoms with Gasteiger partial charge in [0, 0.05) is 6.92 Å². The molecule has 0 spiro atoms. The Hall–Kier alpha value is -2.00. The number of carbonyl (C=O) groups excluding carboxylic acids is 4. The number of ether oxygens (including phenoxy) is 1. The van der Waals surface area contributed by atoms with Gasteiger partial charge in [0.25, 0.3) is 5.78 Å². The van der Waals surface area contributed by atoms with E-state index in [1.165, 1.54) is 0 Å². The van der Waals surface area contributed by atoms with E-state index in [9.17, 15) is 39.6 Å². The summed E-state index contributed by atoms with van der Waals surface area (Å²) in [7, 11) is 0. The first-order valence-corrected chi connectivity index (χ1v) is 7.61. The summed E-state index contributed by atoms with van der Waals surface area (Å²) >= 11 is 0. The van der Waals surface area contributed by atoms with Gasteiger partial charge in [0.2, 0.25) is 5.91 Å². The van der Waals surface area contributed by atoms with Crippen molar-refractivity contribution in [3.05, 3.63) is 0 Å². The molecule has 0 saturated carbocycles. The Morgan fingerprint density at radius 2 is 1.44 bits per heavy atom. The molecule has 0 rings (SSSR count). The minimum atomic E-state index is -2.52. The largest absolute Gasteiger partial charge is 0.451 e. The number of Topliss-reactive ketones (excluding diaryl/α,β-unsaturated/α-hetero) is 1. The smallest absolute Gasteiger partial charge is 0.378 e. The molecular formula is C14H23NO12. The van der Waals surface area contributed by atoms with Crippen molar-refractivity contribution in [1.82, 2.24) is 5.32 Å². The van der Waals surface area contributed by atoms with E-state index in [0.29, 0.717) is 0 Å². The molecule has 1 amide bonds. The van der Waals surface area contributed by atoms with E-state index in [1.807, 2.05) is 5.32 Å². The van der Waals surface area contributed by atoms with Gasteiger partial charge in [-0.15, -0.1) is 0 Å². The monoisotopic (exact) mass is 397 g/mol. The van der Waals surface area contributed by atoms with Crippen LogP contribution in [0.1, 0.15) is 6.92 Å². The molecule has 7 atom stereocenters. The van der Waals surface area contributed by atoms with E-state index in [4.69, 9.17) is 15.3 Å². The lowest BCUT2D eigenvalue weighted by molar-refractivity contribution is -0.176. The van der Waals surface area contributed by atoms with E-state index >= 15 is 0 Å². The molecule has 0 aromatic heterocycles. The zero-order chi connectivity index (χ0) is 21.3. The van der Waals surface area contributed by atoms with E-state index in [-0.39, 0.29) is 6.29 Å². The number of carbonyl (C=O) groups is 4. The molecule has 13 nitrogen and oxygen atoms in total. The van der Waals surface area contributed by atoms with Crippen LogP contribution in [0.25, 0.3) is 0 Å². The maximum Gasteiger partial charge on any atom is 0.378 e. The molecule has 13 heteroatoms. The fourth-order valence-corrected chi connectivity index (χ4v) is 1.89. The maximum atomic E-state index is 11.9. The second-order valence-corrected chi connectivity index (χ2v) is 5.52. The number of rotatable bonds is 12. The number of aliphatic hydroxyl groups is 7. The molecule has 0 saturated heterocycles. The summed E-state index contributed by atoms with van der Waals surface area (Å²) in [5, 5.41) is 67.0. The Kier molecular flexibility index (Phi) is 10.8. The Bertz CT molecular complexity index is 526. The highest BCUT2D eigenvalue weighted by Gasteiger charge is 2.40. The number of ketones is 1. The minimum absolute atomic E-state index is 0.0257. The van der Waals surface area contributed by atoms with Gasteiger partial charge in [0.1, 0.15) is 36.7 Å². The third-order valence-corrected chi connectivity index (χ3v) is 3.41. The van der Waals surface area contributed by atoms with E-state index < -0.39 is 73.5 Å². The van der Waals surface area contributed by atoms with Gasteiger partial charge >= 0.3 is 5.97 Å². The van der Waals surface area contributed by atoms with E-state index in [1.54, 1.807) is 0 Å². The summed E-state index contributed by atoms with van der Waals surface area (Å²) in [6.07, 6.45) is -12.8. The van der Waals surface area contributed by atoms with Crippen LogP contribution >= 0.6 is 0 Å². The van der Waals surface area contributed by atoms with Crippen LogP contribution in [0.4, 0.5) is 0 Å². The predicted octanol–water partition coefficient (Wildman–Crippen LogP) is -6.04. The number of aliphatic hydroxyl groups excluding tert-OH is 7. The van der Waals surface area contributed by atoms with Gasteiger partial charge in [-0.05, 0) is 0 Å². The molecule has 0 bridgehead atoms. The zero-order valence-electron chi connectivity index (χ0n) is 14.2. The third-order valence-electron chi connectivity index (χ3n) is 3.41. The van der Waals surface area contributed by atoms with Crippen molar-refractivity contribution in [3.63, 3.8) is 0 Å². The molecular weight excluding hydrogens is 374 g/mol. The molecule has 0 aliphatic carbocycles. The van der Waals surface area contributed by atoms with Crippen molar-refractivity contribution >= 4 is 23.9 Å². The molecule has 0 unspecified atom stereocenters. The van der Waals surface area contributed by atoms with Crippen molar-refractivity contribution in [2.75, 3.05) is 13.2 Å². The van der Waals surface area contributed by atoms with Gasteiger partial charge in [0.05, 0.1) is 13.2 Å². The number of amides is 1. The van der Waals surface area contributed by atoms with Crippen LogP contribution in [0.3, 0.4) is 0 Å². The fourth-order valence-electron chi connectivity index (χ4n) is 1.89. The van der Waals surface area contributed by atoms with Crippen LogP contribution in [0.15, 0.2) is 0 Å². The lowest BCUT2D eigenvalue weighted by Crippen LogP contribution is -2.56. The third kappa shape index (κ3) is 7.26. The van der Waals surface area contributed by atoms with Crippen LogP contribution in [0.5, 0.6) is 0 Å². The molecule has 0 aromatic carbocycles. The number of hydrogen-bond donors (Lipinski definition) is 8. The lowest BCUT2D eigenvalue weighted by Gasteiger charge is -2.30. The highest BCUT2D eigenvalue weighted by molar-refractivity contribution is 6.35. The molecule has 27 heavy (non-hydrogen) atoms. The van der Waals surface area contributed by atoms with E-state index in [2.05, 4.69) is 4.74 Å². The molecule has 8 N–H and O–H groups in total. The Balaban J connectivity index is 5.45. The maximum absolute atomic E-state index is 11.9. The van der Waals surface area contributed by atoms with Crippen molar-refractivity contribution in [3.8, 4) is 0 Å². The van der Waals surface area contributed by atoms with Crippen LogP contribution in [-0.2, 0) is 23.9 Å². The van der Waals surface area contributed by atoms with Crippen molar-refractivity contribution in [2.24, 2.45) is 0 Å². The quantitative estimate of drug-likeness (QED) is 0.0873. The highest BCUT2D eigenvalue weighted by atomic mass is 16.6. The van der Waals surface area contributed by atoms with Crippen LogP contribution in [-0.4, -0.2) is 116 Å². The summed E-state index contributed by atoms with van der Waals surface area (Å²) < 4.78 is 4.56. The number of aldehydes is 1. The fraction of sp³-hybridized carbons (Fsp3) is 0.714. The lowest BCUT2D eigenvalue weighted by atomic mass is 10.0. The molecule has 156 valence electrons. The van der Waals surface area contributed by atoms with Gasteiger partial charge in [-0.1, -0.05) is 0 Å². The normalized spacial score (nSPS) is 19.0. The summed E-state index contributed by atoms with van der Waals surface area (Å²) in [5.74, 6) is -4.50. The molecule has 0 heterocycles.